The van der Waals surface area contributed by atoms with Gasteiger partial charge in [-0.15, -0.1) is 0 Å². The molecule has 0 fully saturated rings. The van der Waals surface area contributed by atoms with Crippen molar-refractivity contribution in [2.75, 3.05) is 0 Å². The molecular formula is C10H8ClF. The lowest BCUT2D eigenvalue weighted by atomic mass is 10.1. The van der Waals surface area contributed by atoms with Gasteiger partial charge in [-0.05, 0) is 23.8 Å². The van der Waals surface area contributed by atoms with Crippen molar-refractivity contribution < 1.29 is 4.39 Å². The first-order valence-corrected chi connectivity index (χ1v) is 3.79. The molecule has 62 valence electrons. The molecule has 0 nitrogen and oxygen atoms in total. The monoisotopic (exact) mass is 182 g/mol. The van der Waals surface area contributed by atoms with Crippen LogP contribution in [-0.4, -0.2) is 0 Å². The fourth-order valence-corrected chi connectivity index (χ4v) is 1.03. The van der Waals surface area contributed by atoms with Crippen molar-refractivity contribution >= 4 is 17.2 Å². The second-order valence-corrected chi connectivity index (χ2v) is 2.79. The summed E-state index contributed by atoms with van der Waals surface area (Å²) in [5.41, 5.74) is 0.938. The molecule has 0 spiro atoms. The Morgan fingerprint density at radius 2 is 2.17 bits per heavy atom. The summed E-state index contributed by atoms with van der Waals surface area (Å²) in [5, 5.41) is 0.495. The van der Waals surface area contributed by atoms with Crippen LogP contribution in [0.15, 0.2) is 37.4 Å². The SMILES string of the molecule is C=CC(=C)c1cc(Cl)ccc1F. The molecule has 0 heterocycles. The molecule has 2 heteroatoms. The third-order valence-corrected chi connectivity index (χ3v) is 1.76. The maximum Gasteiger partial charge on any atom is 0.131 e. The van der Waals surface area contributed by atoms with Gasteiger partial charge in [-0.25, -0.2) is 4.39 Å². The van der Waals surface area contributed by atoms with E-state index >= 15 is 0 Å². The summed E-state index contributed by atoms with van der Waals surface area (Å²) >= 11 is 5.68. The van der Waals surface area contributed by atoms with Gasteiger partial charge in [0.05, 0.1) is 0 Å². The highest BCUT2D eigenvalue weighted by Crippen LogP contribution is 2.21. The lowest BCUT2D eigenvalue weighted by Crippen LogP contribution is -1.85. The largest absolute Gasteiger partial charge is 0.206 e. The van der Waals surface area contributed by atoms with E-state index in [-0.39, 0.29) is 5.82 Å². The molecule has 0 amide bonds. The molecule has 1 rings (SSSR count). The summed E-state index contributed by atoms with van der Waals surface area (Å²) < 4.78 is 13.0. The number of hydrogen-bond acceptors (Lipinski definition) is 0. The molecule has 0 N–H and O–H groups in total. The van der Waals surface area contributed by atoms with Crippen molar-refractivity contribution in [2.24, 2.45) is 0 Å². The van der Waals surface area contributed by atoms with E-state index in [1.54, 1.807) is 0 Å². The Balaban J connectivity index is 3.22. The van der Waals surface area contributed by atoms with Crippen LogP contribution in [0.5, 0.6) is 0 Å². The van der Waals surface area contributed by atoms with Crippen molar-refractivity contribution in [2.45, 2.75) is 0 Å². The molecular weight excluding hydrogens is 175 g/mol. The molecule has 1 aromatic carbocycles. The normalized spacial score (nSPS) is 9.50. The first-order chi connectivity index (χ1) is 5.65. The summed E-state index contributed by atoms with van der Waals surface area (Å²) in [6.45, 7) is 7.13. The van der Waals surface area contributed by atoms with Crippen LogP contribution in [0.1, 0.15) is 5.56 Å². The third-order valence-electron chi connectivity index (χ3n) is 1.52. The summed E-state index contributed by atoms with van der Waals surface area (Å²) in [6.07, 6.45) is 1.49. The smallest absolute Gasteiger partial charge is 0.131 e. The van der Waals surface area contributed by atoms with Gasteiger partial charge in [0, 0.05) is 10.6 Å². The molecule has 0 bridgehead atoms. The van der Waals surface area contributed by atoms with Crippen LogP contribution in [0.3, 0.4) is 0 Å². The van der Waals surface area contributed by atoms with Gasteiger partial charge in [-0.1, -0.05) is 30.8 Å². The average molecular weight is 183 g/mol. The van der Waals surface area contributed by atoms with E-state index < -0.39 is 0 Å². The molecule has 0 saturated carbocycles. The molecule has 0 radical (unpaired) electrons. The highest BCUT2D eigenvalue weighted by Gasteiger charge is 2.03. The Bertz CT molecular complexity index is 329. The summed E-state index contributed by atoms with van der Waals surface area (Å²) in [5.74, 6) is -0.329. The Kier molecular flexibility index (Phi) is 2.66. The zero-order valence-corrected chi connectivity index (χ0v) is 7.24. The van der Waals surface area contributed by atoms with Gasteiger partial charge in [-0.3, -0.25) is 0 Å². The molecule has 0 aromatic heterocycles. The van der Waals surface area contributed by atoms with Crippen LogP contribution in [0.4, 0.5) is 4.39 Å². The minimum Gasteiger partial charge on any atom is -0.206 e. The third kappa shape index (κ3) is 1.74. The van der Waals surface area contributed by atoms with Crippen molar-refractivity contribution in [3.63, 3.8) is 0 Å². The van der Waals surface area contributed by atoms with Crippen LogP contribution >= 0.6 is 11.6 Å². The van der Waals surface area contributed by atoms with Gasteiger partial charge in [0.2, 0.25) is 0 Å². The Labute approximate surface area is 76.0 Å². The minimum absolute atomic E-state index is 0.329. The summed E-state index contributed by atoms with van der Waals surface area (Å²) in [6, 6.07) is 4.34. The maximum atomic E-state index is 13.0. The molecule has 0 saturated heterocycles. The fraction of sp³-hybridized carbons (Fsp3) is 0. The number of hydrogen-bond donors (Lipinski definition) is 0. The molecule has 0 aliphatic carbocycles. The fourth-order valence-electron chi connectivity index (χ4n) is 0.854. The van der Waals surface area contributed by atoms with E-state index in [0.717, 1.165) is 0 Å². The average Bonchev–Trinajstić information content (AvgIpc) is 2.08. The van der Waals surface area contributed by atoms with Crippen LogP contribution in [0.25, 0.3) is 5.57 Å². The first kappa shape index (κ1) is 9.01. The highest BCUT2D eigenvalue weighted by molar-refractivity contribution is 6.30. The number of rotatable bonds is 2. The van der Waals surface area contributed by atoms with E-state index in [4.69, 9.17) is 11.6 Å². The van der Waals surface area contributed by atoms with Gasteiger partial charge in [0.25, 0.3) is 0 Å². The lowest BCUT2D eigenvalue weighted by molar-refractivity contribution is 0.624. The summed E-state index contributed by atoms with van der Waals surface area (Å²) in [4.78, 5) is 0. The Morgan fingerprint density at radius 1 is 1.50 bits per heavy atom. The van der Waals surface area contributed by atoms with Gasteiger partial charge in [0.15, 0.2) is 0 Å². The standard InChI is InChI=1S/C10H8ClF/c1-3-7(2)9-6-8(11)4-5-10(9)12/h3-6H,1-2H2. The van der Waals surface area contributed by atoms with Gasteiger partial charge in [-0.2, -0.15) is 0 Å². The second kappa shape index (κ2) is 3.55. The van der Waals surface area contributed by atoms with Gasteiger partial charge in [0.1, 0.15) is 5.82 Å². The maximum absolute atomic E-state index is 13.0. The lowest BCUT2D eigenvalue weighted by Gasteiger charge is -2.01. The van der Waals surface area contributed by atoms with Crippen molar-refractivity contribution in [1.82, 2.24) is 0 Å². The predicted molar refractivity (Wildman–Crippen MR) is 50.6 cm³/mol. The molecule has 0 aliphatic heterocycles. The highest BCUT2D eigenvalue weighted by atomic mass is 35.5. The first-order valence-electron chi connectivity index (χ1n) is 3.42. The second-order valence-electron chi connectivity index (χ2n) is 2.35. The quantitative estimate of drug-likeness (QED) is 0.612. The zero-order valence-electron chi connectivity index (χ0n) is 6.48. The van der Waals surface area contributed by atoms with E-state index in [9.17, 15) is 4.39 Å². The van der Waals surface area contributed by atoms with E-state index in [1.807, 2.05) is 0 Å². The predicted octanol–water partition coefficient (Wildman–Crippen LogP) is 3.68. The van der Waals surface area contributed by atoms with Crippen LogP contribution in [0, 0.1) is 5.82 Å². The topological polar surface area (TPSA) is 0 Å². The summed E-state index contributed by atoms with van der Waals surface area (Å²) in [7, 11) is 0. The Morgan fingerprint density at radius 3 is 2.75 bits per heavy atom. The molecule has 0 unspecified atom stereocenters. The Hall–Kier alpha value is -1.08. The molecule has 12 heavy (non-hydrogen) atoms. The number of allylic oxidation sites excluding steroid dienone is 2. The van der Waals surface area contributed by atoms with E-state index in [1.165, 1.54) is 24.3 Å². The van der Waals surface area contributed by atoms with Crippen LogP contribution in [-0.2, 0) is 0 Å². The minimum atomic E-state index is -0.329. The van der Waals surface area contributed by atoms with E-state index in [2.05, 4.69) is 13.2 Å². The molecule has 0 aliphatic rings. The van der Waals surface area contributed by atoms with Gasteiger partial charge < -0.3 is 0 Å². The van der Waals surface area contributed by atoms with Crippen molar-refractivity contribution in [3.8, 4) is 0 Å². The van der Waals surface area contributed by atoms with Crippen molar-refractivity contribution in [1.29, 1.82) is 0 Å². The van der Waals surface area contributed by atoms with Crippen LogP contribution < -0.4 is 0 Å². The van der Waals surface area contributed by atoms with Crippen LogP contribution in [0.2, 0.25) is 5.02 Å². The number of halogens is 2. The zero-order chi connectivity index (χ0) is 9.14. The number of benzene rings is 1. The van der Waals surface area contributed by atoms with Crippen molar-refractivity contribution in [3.05, 3.63) is 53.8 Å². The van der Waals surface area contributed by atoms with E-state index in [0.29, 0.717) is 16.2 Å². The molecule has 0 atom stereocenters. The van der Waals surface area contributed by atoms with Gasteiger partial charge >= 0.3 is 0 Å². The molecule has 1 aromatic rings.